The lowest BCUT2D eigenvalue weighted by atomic mass is 9.86. The van der Waals surface area contributed by atoms with Gasteiger partial charge in [-0.3, -0.25) is 0 Å². The normalized spacial score (nSPS) is 12.8. The summed E-state index contributed by atoms with van der Waals surface area (Å²) in [6.45, 7) is 10.5. The first-order chi connectivity index (χ1) is 8.18. The molecule has 102 valence electrons. The van der Waals surface area contributed by atoms with Gasteiger partial charge >= 0.3 is 0 Å². The van der Waals surface area contributed by atoms with Crippen LogP contribution in [0, 0.1) is 0 Å². The van der Waals surface area contributed by atoms with E-state index in [2.05, 4.69) is 45.0 Å². The number of hydrogen-bond donors (Lipinski definition) is 1. The van der Waals surface area contributed by atoms with E-state index in [4.69, 9.17) is 0 Å². The van der Waals surface area contributed by atoms with E-state index in [1.54, 1.807) is 0 Å². The van der Waals surface area contributed by atoms with E-state index < -0.39 is 5.60 Å². The van der Waals surface area contributed by atoms with Crippen LogP contribution in [-0.2, 0) is 11.8 Å². The fourth-order valence-electron chi connectivity index (χ4n) is 2.06. The van der Waals surface area contributed by atoms with Gasteiger partial charge in [0.05, 0.1) is 5.60 Å². The van der Waals surface area contributed by atoms with E-state index in [0.29, 0.717) is 0 Å². The number of benzene rings is 1. The quantitative estimate of drug-likeness (QED) is 0.762. The molecule has 1 nitrogen and oxygen atoms in total. The molecule has 0 aliphatic carbocycles. The lowest BCUT2D eigenvalue weighted by molar-refractivity contribution is 0.0682. The number of hydrogen-bond acceptors (Lipinski definition) is 1. The molecule has 1 aromatic carbocycles. The molecule has 0 saturated heterocycles. The summed E-state index contributed by atoms with van der Waals surface area (Å²) < 4.78 is 0. The maximum absolute atomic E-state index is 9.64. The van der Waals surface area contributed by atoms with Crippen molar-refractivity contribution in [1.82, 2.24) is 0 Å². The summed E-state index contributed by atoms with van der Waals surface area (Å²) >= 11 is 0. The van der Waals surface area contributed by atoms with Gasteiger partial charge in [0, 0.05) is 0 Å². The first kappa shape index (κ1) is 15.2. The van der Waals surface area contributed by atoms with Gasteiger partial charge in [-0.05, 0) is 49.7 Å². The van der Waals surface area contributed by atoms with Crippen molar-refractivity contribution < 1.29 is 5.11 Å². The van der Waals surface area contributed by atoms with Gasteiger partial charge in [0.25, 0.3) is 0 Å². The molecule has 0 atom stereocenters. The van der Waals surface area contributed by atoms with Crippen molar-refractivity contribution in [3.63, 3.8) is 0 Å². The van der Waals surface area contributed by atoms with Gasteiger partial charge in [0.2, 0.25) is 0 Å². The van der Waals surface area contributed by atoms with Crippen molar-refractivity contribution in [3.8, 4) is 0 Å². The minimum absolute atomic E-state index is 0.236. The highest BCUT2D eigenvalue weighted by molar-refractivity contribution is 5.27. The lowest BCUT2D eigenvalue weighted by Gasteiger charge is -2.19. The molecular weight excluding hydrogens is 220 g/mol. The van der Waals surface area contributed by atoms with E-state index >= 15 is 0 Å². The largest absolute Gasteiger partial charge is 0.390 e. The lowest BCUT2D eigenvalue weighted by Crippen LogP contribution is -2.17. The third-order valence-corrected chi connectivity index (χ3v) is 3.32. The summed E-state index contributed by atoms with van der Waals surface area (Å²) in [5, 5.41) is 9.64. The monoisotopic (exact) mass is 248 g/mol. The van der Waals surface area contributed by atoms with Crippen molar-refractivity contribution in [2.24, 2.45) is 0 Å². The molecule has 0 fully saturated rings. The number of unbranched alkanes of at least 4 members (excludes halogenated alkanes) is 1. The Kier molecular flexibility index (Phi) is 4.98. The fraction of sp³-hybridized carbons (Fsp3) is 0.647. The highest BCUT2D eigenvalue weighted by Crippen LogP contribution is 2.22. The molecule has 1 heteroatoms. The van der Waals surface area contributed by atoms with Crippen molar-refractivity contribution >= 4 is 0 Å². The second-order valence-corrected chi connectivity index (χ2v) is 6.97. The van der Waals surface area contributed by atoms with E-state index in [1.165, 1.54) is 11.1 Å². The molecule has 0 spiro atoms. The van der Waals surface area contributed by atoms with Crippen molar-refractivity contribution in [3.05, 3.63) is 35.4 Å². The Bertz CT molecular complexity index is 349. The first-order valence-corrected chi connectivity index (χ1v) is 7.00. The maximum atomic E-state index is 9.64. The molecule has 1 rings (SSSR count). The Morgan fingerprint density at radius 1 is 0.889 bits per heavy atom. The van der Waals surface area contributed by atoms with Gasteiger partial charge in [-0.1, -0.05) is 51.5 Å². The molecule has 0 saturated carbocycles. The van der Waals surface area contributed by atoms with Crippen LogP contribution in [0.5, 0.6) is 0 Å². The van der Waals surface area contributed by atoms with Crippen LogP contribution in [0.15, 0.2) is 24.3 Å². The summed E-state index contributed by atoms with van der Waals surface area (Å²) in [5.41, 5.74) is 2.51. The molecule has 0 amide bonds. The van der Waals surface area contributed by atoms with Crippen molar-refractivity contribution in [1.29, 1.82) is 0 Å². The second-order valence-electron chi connectivity index (χ2n) is 6.97. The predicted molar refractivity (Wildman–Crippen MR) is 79.0 cm³/mol. The smallest absolute Gasteiger partial charge is 0.0591 e. The summed E-state index contributed by atoms with van der Waals surface area (Å²) in [4.78, 5) is 0. The molecule has 18 heavy (non-hydrogen) atoms. The summed E-state index contributed by atoms with van der Waals surface area (Å²) in [5.74, 6) is 0. The van der Waals surface area contributed by atoms with Crippen LogP contribution in [0.4, 0.5) is 0 Å². The van der Waals surface area contributed by atoms with Crippen molar-refractivity contribution in [2.75, 3.05) is 0 Å². The number of rotatable bonds is 5. The van der Waals surface area contributed by atoms with E-state index in [-0.39, 0.29) is 5.41 Å². The van der Waals surface area contributed by atoms with Gasteiger partial charge < -0.3 is 5.11 Å². The molecule has 0 aliphatic heterocycles. The Morgan fingerprint density at radius 2 is 1.44 bits per heavy atom. The SMILES string of the molecule is CC(C)(O)CCCCc1ccc(C(C)(C)C)cc1. The molecule has 0 radical (unpaired) electrons. The van der Waals surface area contributed by atoms with Gasteiger partial charge in [0.1, 0.15) is 0 Å². The molecule has 0 heterocycles. The van der Waals surface area contributed by atoms with Gasteiger partial charge in [0.15, 0.2) is 0 Å². The Balaban J connectivity index is 2.41. The third kappa shape index (κ3) is 5.68. The van der Waals surface area contributed by atoms with E-state index in [1.807, 2.05) is 13.8 Å². The summed E-state index contributed by atoms with van der Waals surface area (Å²) in [7, 11) is 0. The van der Waals surface area contributed by atoms with Gasteiger partial charge in [-0.25, -0.2) is 0 Å². The maximum Gasteiger partial charge on any atom is 0.0591 e. The zero-order chi connectivity index (χ0) is 13.8. The zero-order valence-electron chi connectivity index (χ0n) is 12.6. The molecular formula is C17H28O. The van der Waals surface area contributed by atoms with Gasteiger partial charge in [-0.2, -0.15) is 0 Å². The number of aliphatic hydroxyl groups is 1. The minimum Gasteiger partial charge on any atom is -0.390 e. The van der Waals surface area contributed by atoms with Crippen LogP contribution in [0.1, 0.15) is 65.0 Å². The molecule has 0 bridgehead atoms. The molecule has 0 unspecified atom stereocenters. The molecule has 0 aliphatic rings. The molecule has 1 aromatic rings. The highest BCUT2D eigenvalue weighted by atomic mass is 16.3. The van der Waals surface area contributed by atoms with Crippen LogP contribution in [0.2, 0.25) is 0 Å². The molecule has 1 N–H and O–H groups in total. The van der Waals surface area contributed by atoms with E-state index in [0.717, 1.165) is 25.7 Å². The highest BCUT2D eigenvalue weighted by Gasteiger charge is 2.13. The van der Waals surface area contributed by atoms with E-state index in [9.17, 15) is 5.11 Å². The van der Waals surface area contributed by atoms with Crippen LogP contribution in [0.3, 0.4) is 0 Å². The average Bonchev–Trinajstić information content (AvgIpc) is 2.22. The second kappa shape index (κ2) is 5.88. The van der Waals surface area contributed by atoms with Crippen LogP contribution < -0.4 is 0 Å². The predicted octanol–water partition coefficient (Wildman–Crippen LogP) is 4.47. The van der Waals surface area contributed by atoms with Crippen molar-refractivity contribution in [2.45, 2.75) is 71.3 Å². The summed E-state index contributed by atoms with van der Waals surface area (Å²) in [6, 6.07) is 8.96. The minimum atomic E-state index is -0.518. The average molecular weight is 248 g/mol. The van der Waals surface area contributed by atoms with Crippen LogP contribution >= 0.6 is 0 Å². The zero-order valence-corrected chi connectivity index (χ0v) is 12.6. The Hall–Kier alpha value is -0.820. The molecule has 0 aromatic heterocycles. The topological polar surface area (TPSA) is 20.2 Å². The van der Waals surface area contributed by atoms with Crippen LogP contribution in [-0.4, -0.2) is 10.7 Å². The third-order valence-electron chi connectivity index (χ3n) is 3.32. The standard InChI is InChI=1S/C17H28O/c1-16(2,3)15-11-9-14(10-12-15)8-6-7-13-17(4,5)18/h9-12,18H,6-8,13H2,1-5H3. The number of aryl methyl sites for hydroxylation is 1. The fourth-order valence-corrected chi connectivity index (χ4v) is 2.06. The first-order valence-electron chi connectivity index (χ1n) is 7.00. The van der Waals surface area contributed by atoms with Crippen LogP contribution in [0.25, 0.3) is 0 Å². The van der Waals surface area contributed by atoms with Gasteiger partial charge in [-0.15, -0.1) is 0 Å². The summed E-state index contributed by atoms with van der Waals surface area (Å²) in [6.07, 6.45) is 4.23. The Labute approximate surface area is 112 Å². The Morgan fingerprint density at radius 3 is 1.89 bits per heavy atom.